The van der Waals surface area contributed by atoms with Crippen molar-refractivity contribution in [3.05, 3.63) is 72.1 Å². The number of hydrogen-bond acceptors (Lipinski definition) is 5. The number of nitrogens with one attached hydrogen (secondary N) is 1. The summed E-state index contributed by atoms with van der Waals surface area (Å²) >= 11 is 0. The van der Waals surface area contributed by atoms with E-state index < -0.39 is 10.0 Å². The third-order valence-electron chi connectivity index (χ3n) is 4.19. The first-order valence-corrected chi connectivity index (χ1v) is 9.78. The lowest BCUT2D eigenvalue weighted by Gasteiger charge is -2.12. The van der Waals surface area contributed by atoms with Crippen LogP contribution in [0.2, 0.25) is 0 Å². The smallest absolute Gasteiger partial charge is 0.262 e. The van der Waals surface area contributed by atoms with Gasteiger partial charge in [0.1, 0.15) is 6.33 Å². The van der Waals surface area contributed by atoms with Crippen molar-refractivity contribution in [2.45, 2.75) is 18.7 Å². The average molecular weight is 379 g/mol. The fourth-order valence-electron chi connectivity index (χ4n) is 2.94. The van der Waals surface area contributed by atoms with E-state index in [0.29, 0.717) is 22.6 Å². The number of anilines is 1. The Labute approximate surface area is 156 Å². The highest BCUT2D eigenvalue weighted by atomic mass is 32.2. The second-order valence-corrected chi connectivity index (χ2v) is 7.96. The van der Waals surface area contributed by atoms with Crippen molar-refractivity contribution in [3.8, 4) is 11.3 Å². The standard InChI is InChI=1S/C19H17N5O2S/c1-13-6-8-18(14(2)10-13)27(25,26)23-16-5-3-4-15(11-16)17-7-9-19-21-20-12-24(19)22-17/h3-12,23H,1-2H3. The molecule has 8 heteroatoms. The molecule has 0 spiro atoms. The monoisotopic (exact) mass is 379 g/mol. The summed E-state index contributed by atoms with van der Waals surface area (Å²) in [5, 5.41) is 12.2. The largest absolute Gasteiger partial charge is 0.280 e. The van der Waals surface area contributed by atoms with Gasteiger partial charge in [0.2, 0.25) is 0 Å². The maximum absolute atomic E-state index is 12.8. The molecule has 0 aliphatic heterocycles. The van der Waals surface area contributed by atoms with Crippen LogP contribution in [0.4, 0.5) is 5.69 Å². The van der Waals surface area contributed by atoms with Crippen LogP contribution in [0.3, 0.4) is 0 Å². The highest BCUT2D eigenvalue weighted by molar-refractivity contribution is 7.92. The van der Waals surface area contributed by atoms with Crippen LogP contribution < -0.4 is 4.72 Å². The molecule has 136 valence electrons. The molecule has 0 bridgehead atoms. The minimum absolute atomic E-state index is 0.266. The van der Waals surface area contributed by atoms with E-state index in [1.807, 2.05) is 31.2 Å². The molecule has 0 saturated carbocycles. The van der Waals surface area contributed by atoms with Gasteiger partial charge in [-0.25, -0.2) is 8.42 Å². The Kier molecular flexibility index (Phi) is 4.12. The summed E-state index contributed by atoms with van der Waals surface area (Å²) in [5.41, 5.74) is 4.31. The molecule has 2 aromatic carbocycles. The Morgan fingerprint density at radius 1 is 1.00 bits per heavy atom. The number of rotatable bonds is 4. The molecule has 0 radical (unpaired) electrons. The highest BCUT2D eigenvalue weighted by Gasteiger charge is 2.17. The Hall–Kier alpha value is -3.26. The van der Waals surface area contributed by atoms with Crippen LogP contribution in [-0.4, -0.2) is 28.2 Å². The predicted molar refractivity (Wildman–Crippen MR) is 103 cm³/mol. The first kappa shape index (κ1) is 17.2. The topological polar surface area (TPSA) is 89.2 Å². The quantitative estimate of drug-likeness (QED) is 0.588. The van der Waals surface area contributed by atoms with E-state index in [2.05, 4.69) is 20.0 Å². The zero-order valence-electron chi connectivity index (χ0n) is 14.8. The fourth-order valence-corrected chi connectivity index (χ4v) is 4.21. The van der Waals surface area contributed by atoms with Gasteiger partial charge in [0, 0.05) is 11.3 Å². The number of aromatic nitrogens is 4. The van der Waals surface area contributed by atoms with Crippen LogP contribution in [0.15, 0.2) is 65.8 Å². The maximum atomic E-state index is 12.8. The van der Waals surface area contributed by atoms with E-state index in [-0.39, 0.29) is 4.90 Å². The van der Waals surface area contributed by atoms with Gasteiger partial charge in [-0.05, 0) is 49.7 Å². The summed E-state index contributed by atoms with van der Waals surface area (Å²) in [5.74, 6) is 0. The van der Waals surface area contributed by atoms with Crippen molar-refractivity contribution < 1.29 is 8.42 Å². The summed E-state index contributed by atoms with van der Waals surface area (Å²) in [6.07, 6.45) is 1.52. The molecule has 2 aromatic heterocycles. The molecule has 0 amide bonds. The molecule has 4 aromatic rings. The molecule has 4 rings (SSSR count). The normalized spacial score (nSPS) is 11.6. The minimum Gasteiger partial charge on any atom is -0.280 e. The summed E-state index contributed by atoms with van der Waals surface area (Å²) in [6, 6.07) is 16.0. The van der Waals surface area contributed by atoms with E-state index in [4.69, 9.17) is 0 Å². The van der Waals surface area contributed by atoms with Gasteiger partial charge in [0.05, 0.1) is 10.6 Å². The van der Waals surface area contributed by atoms with Gasteiger partial charge < -0.3 is 0 Å². The first-order valence-electron chi connectivity index (χ1n) is 8.30. The second-order valence-electron chi connectivity index (χ2n) is 6.31. The van der Waals surface area contributed by atoms with E-state index in [0.717, 1.165) is 11.1 Å². The van der Waals surface area contributed by atoms with E-state index in [9.17, 15) is 8.42 Å². The van der Waals surface area contributed by atoms with Crippen LogP contribution in [0.5, 0.6) is 0 Å². The van der Waals surface area contributed by atoms with Gasteiger partial charge in [-0.2, -0.15) is 9.61 Å². The molecule has 7 nitrogen and oxygen atoms in total. The number of hydrogen-bond donors (Lipinski definition) is 1. The van der Waals surface area contributed by atoms with Gasteiger partial charge in [-0.1, -0.05) is 29.8 Å². The average Bonchev–Trinajstić information content (AvgIpc) is 3.09. The molecule has 1 N–H and O–H groups in total. The lowest BCUT2D eigenvalue weighted by molar-refractivity contribution is 0.600. The molecule has 0 saturated heterocycles. The summed E-state index contributed by atoms with van der Waals surface area (Å²) < 4.78 is 29.8. The summed E-state index contributed by atoms with van der Waals surface area (Å²) in [6.45, 7) is 3.72. The highest BCUT2D eigenvalue weighted by Crippen LogP contribution is 2.24. The van der Waals surface area contributed by atoms with Crippen molar-refractivity contribution in [2.24, 2.45) is 0 Å². The third kappa shape index (κ3) is 3.39. The Morgan fingerprint density at radius 2 is 1.85 bits per heavy atom. The molecule has 0 atom stereocenters. The van der Waals surface area contributed by atoms with Crippen LogP contribution in [0, 0.1) is 13.8 Å². The van der Waals surface area contributed by atoms with Crippen LogP contribution >= 0.6 is 0 Å². The van der Waals surface area contributed by atoms with Gasteiger partial charge in [0.15, 0.2) is 5.65 Å². The predicted octanol–water partition coefficient (Wildman–Crippen LogP) is 3.21. The summed E-state index contributed by atoms with van der Waals surface area (Å²) in [4.78, 5) is 0.266. The second kappa shape index (κ2) is 6.48. The molecular weight excluding hydrogens is 362 g/mol. The van der Waals surface area contributed by atoms with Gasteiger partial charge >= 0.3 is 0 Å². The van der Waals surface area contributed by atoms with Crippen molar-refractivity contribution >= 4 is 21.4 Å². The molecule has 0 aliphatic rings. The zero-order valence-corrected chi connectivity index (χ0v) is 15.6. The van der Waals surface area contributed by atoms with E-state index in [1.165, 1.54) is 6.33 Å². The van der Waals surface area contributed by atoms with E-state index in [1.54, 1.807) is 41.8 Å². The number of nitrogens with zero attached hydrogens (tertiary/aromatic N) is 4. The lowest BCUT2D eigenvalue weighted by atomic mass is 10.1. The maximum Gasteiger partial charge on any atom is 0.262 e. The van der Waals surface area contributed by atoms with Crippen LogP contribution in [-0.2, 0) is 10.0 Å². The molecule has 0 aliphatic carbocycles. The zero-order chi connectivity index (χ0) is 19.0. The van der Waals surface area contributed by atoms with Gasteiger partial charge in [-0.15, -0.1) is 10.2 Å². The lowest BCUT2D eigenvalue weighted by Crippen LogP contribution is -2.14. The number of fused-ring (bicyclic) bond motifs is 1. The summed E-state index contributed by atoms with van der Waals surface area (Å²) in [7, 11) is -3.68. The molecule has 27 heavy (non-hydrogen) atoms. The Bertz CT molecular complexity index is 1250. The number of aryl methyl sites for hydroxylation is 2. The van der Waals surface area contributed by atoms with E-state index >= 15 is 0 Å². The third-order valence-corrected chi connectivity index (χ3v) is 5.73. The van der Waals surface area contributed by atoms with Crippen molar-refractivity contribution in [1.29, 1.82) is 0 Å². The molecule has 0 fully saturated rings. The fraction of sp³-hybridized carbons (Fsp3) is 0.105. The van der Waals surface area contributed by atoms with Crippen LogP contribution in [0.1, 0.15) is 11.1 Å². The minimum atomic E-state index is -3.68. The van der Waals surface area contributed by atoms with Gasteiger partial charge in [-0.3, -0.25) is 4.72 Å². The van der Waals surface area contributed by atoms with Gasteiger partial charge in [0.25, 0.3) is 10.0 Å². The van der Waals surface area contributed by atoms with Crippen molar-refractivity contribution in [1.82, 2.24) is 19.8 Å². The SMILES string of the molecule is Cc1ccc(S(=O)(=O)Nc2cccc(-c3ccc4nncn4n3)c2)c(C)c1. The number of sulfonamides is 1. The molecule has 0 unspecified atom stereocenters. The Balaban J connectivity index is 1.68. The first-order chi connectivity index (χ1) is 12.9. The van der Waals surface area contributed by atoms with Crippen LogP contribution in [0.25, 0.3) is 16.9 Å². The van der Waals surface area contributed by atoms with Crippen molar-refractivity contribution in [2.75, 3.05) is 4.72 Å². The van der Waals surface area contributed by atoms with Crippen molar-refractivity contribution in [3.63, 3.8) is 0 Å². The molecular formula is C19H17N5O2S. The molecule has 2 heterocycles. The Morgan fingerprint density at radius 3 is 2.67 bits per heavy atom. The number of benzene rings is 2.